The number of hydrogen-bond acceptors (Lipinski definition) is 1. The highest BCUT2D eigenvalue weighted by molar-refractivity contribution is 5.33. The monoisotopic (exact) mass is 257 g/mol. The van der Waals surface area contributed by atoms with Crippen molar-refractivity contribution in [3.05, 3.63) is 34.9 Å². The summed E-state index contributed by atoms with van der Waals surface area (Å²) in [6.07, 6.45) is -1.99. The standard InChI is InChI=1S/C14H18F3N/c1-9(2)11-5-10(8-18-13-3-4-13)6-12(7-11)14(15,16)17/h5-7,9,13,18H,3-4,8H2,1-2H3. The average molecular weight is 257 g/mol. The van der Waals surface area contributed by atoms with Gasteiger partial charge < -0.3 is 5.32 Å². The average Bonchev–Trinajstić information content (AvgIpc) is 3.08. The first kappa shape index (κ1) is 13.4. The molecule has 0 spiro atoms. The summed E-state index contributed by atoms with van der Waals surface area (Å²) in [5.41, 5.74) is 0.930. The van der Waals surface area contributed by atoms with Crippen molar-refractivity contribution in [2.24, 2.45) is 0 Å². The molecule has 0 bridgehead atoms. The fourth-order valence-electron chi connectivity index (χ4n) is 1.87. The van der Waals surface area contributed by atoms with Crippen LogP contribution in [0.1, 0.15) is 49.3 Å². The van der Waals surface area contributed by atoms with E-state index < -0.39 is 11.7 Å². The lowest BCUT2D eigenvalue weighted by atomic mass is 9.97. The molecular weight excluding hydrogens is 239 g/mol. The van der Waals surface area contributed by atoms with Gasteiger partial charge in [0.1, 0.15) is 0 Å². The summed E-state index contributed by atoms with van der Waals surface area (Å²) in [5.74, 6) is 0.104. The van der Waals surface area contributed by atoms with Crippen molar-refractivity contribution < 1.29 is 13.2 Å². The van der Waals surface area contributed by atoms with Crippen LogP contribution in [0.4, 0.5) is 13.2 Å². The fraction of sp³-hybridized carbons (Fsp3) is 0.571. The van der Waals surface area contributed by atoms with E-state index in [4.69, 9.17) is 0 Å². The van der Waals surface area contributed by atoms with E-state index in [-0.39, 0.29) is 5.92 Å². The van der Waals surface area contributed by atoms with Crippen LogP contribution in [0.5, 0.6) is 0 Å². The van der Waals surface area contributed by atoms with Crippen LogP contribution in [0.3, 0.4) is 0 Å². The van der Waals surface area contributed by atoms with Gasteiger partial charge in [0.25, 0.3) is 0 Å². The molecule has 1 saturated carbocycles. The van der Waals surface area contributed by atoms with E-state index in [1.807, 2.05) is 19.9 Å². The Labute approximate surface area is 105 Å². The van der Waals surface area contributed by atoms with Crippen LogP contribution >= 0.6 is 0 Å². The van der Waals surface area contributed by atoms with Gasteiger partial charge in [-0.05, 0) is 42.0 Å². The van der Waals surface area contributed by atoms with Crippen molar-refractivity contribution in [3.63, 3.8) is 0 Å². The second-order valence-corrected chi connectivity index (χ2v) is 5.27. The van der Waals surface area contributed by atoms with E-state index in [1.54, 1.807) is 0 Å². The molecule has 0 atom stereocenters. The van der Waals surface area contributed by atoms with Crippen LogP contribution in [0.2, 0.25) is 0 Å². The van der Waals surface area contributed by atoms with Gasteiger partial charge >= 0.3 is 6.18 Å². The second-order valence-electron chi connectivity index (χ2n) is 5.27. The minimum atomic E-state index is -4.26. The summed E-state index contributed by atoms with van der Waals surface area (Å²) in [6, 6.07) is 4.88. The maximum atomic E-state index is 12.8. The minimum Gasteiger partial charge on any atom is -0.310 e. The molecule has 18 heavy (non-hydrogen) atoms. The molecule has 0 heterocycles. The Morgan fingerprint density at radius 1 is 1.22 bits per heavy atom. The number of nitrogens with one attached hydrogen (secondary N) is 1. The van der Waals surface area contributed by atoms with Crippen LogP contribution in [0.25, 0.3) is 0 Å². The molecule has 1 aliphatic carbocycles. The molecule has 0 amide bonds. The van der Waals surface area contributed by atoms with Gasteiger partial charge in [0.2, 0.25) is 0 Å². The van der Waals surface area contributed by atoms with Crippen LogP contribution in [0.15, 0.2) is 18.2 Å². The Morgan fingerprint density at radius 3 is 2.39 bits per heavy atom. The molecule has 1 aromatic rings. The largest absolute Gasteiger partial charge is 0.416 e. The molecule has 0 saturated heterocycles. The van der Waals surface area contributed by atoms with Gasteiger partial charge in [0.15, 0.2) is 0 Å². The Balaban J connectivity index is 2.23. The number of rotatable bonds is 4. The minimum absolute atomic E-state index is 0.104. The first-order valence-electron chi connectivity index (χ1n) is 6.30. The smallest absolute Gasteiger partial charge is 0.310 e. The van der Waals surface area contributed by atoms with Gasteiger partial charge in [-0.15, -0.1) is 0 Å². The highest BCUT2D eigenvalue weighted by atomic mass is 19.4. The lowest BCUT2D eigenvalue weighted by Crippen LogP contribution is -2.16. The van der Waals surface area contributed by atoms with Crippen molar-refractivity contribution in [1.82, 2.24) is 5.32 Å². The van der Waals surface area contributed by atoms with Gasteiger partial charge in [-0.25, -0.2) is 0 Å². The molecule has 2 rings (SSSR count). The molecule has 0 aromatic heterocycles. The summed E-state index contributed by atoms with van der Waals surface area (Å²) >= 11 is 0. The highest BCUT2D eigenvalue weighted by Crippen LogP contribution is 2.32. The van der Waals surface area contributed by atoms with Crippen molar-refractivity contribution in [3.8, 4) is 0 Å². The third-order valence-corrected chi connectivity index (χ3v) is 3.18. The van der Waals surface area contributed by atoms with Gasteiger partial charge in [-0.2, -0.15) is 13.2 Å². The first-order valence-corrected chi connectivity index (χ1v) is 6.30. The Hall–Kier alpha value is -1.03. The number of alkyl halides is 3. The number of hydrogen-bond donors (Lipinski definition) is 1. The molecule has 0 radical (unpaired) electrons. The van der Waals surface area contributed by atoms with E-state index in [0.29, 0.717) is 12.6 Å². The lowest BCUT2D eigenvalue weighted by Gasteiger charge is -2.14. The molecule has 0 unspecified atom stereocenters. The Kier molecular flexibility index (Phi) is 3.66. The molecule has 0 aliphatic heterocycles. The summed E-state index contributed by atoms with van der Waals surface area (Å²) in [7, 11) is 0. The zero-order chi connectivity index (χ0) is 13.3. The highest BCUT2D eigenvalue weighted by Gasteiger charge is 2.31. The maximum absolute atomic E-state index is 12.8. The zero-order valence-corrected chi connectivity index (χ0v) is 10.6. The molecule has 4 heteroatoms. The zero-order valence-electron chi connectivity index (χ0n) is 10.6. The van der Waals surface area contributed by atoms with Gasteiger partial charge in [-0.3, -0.25) is 0 Å². The first-order chi connectivity index (χ1) is 8.36. The molecule has 1 aliphatic rings. The molecule has 1 aromatic carbocycles. The van der Waals surface area contributed by atoms with Crippen molar-refractivity contribution in [1.29, 1.82) is 0 Å². The SMILES string of the molecule is CC(C)c1cc(CNC2CC2)cc(C(F)(F)F)c1. The molecule has 1 N–H and O–H groups in total. The maximum Gasteiger partial charge on any atom is 0.416 e. The second kappa shape index (κ2) is 4.92. The Morgan fingerprint density at radius 2 is 1.89 bits per heavy atom. The molecule has 1 nitrogen and oxygen atoms in total. The van der Waals surface area contributed by atoms with Crippen LogP contribution < -0.4 is 5.32 Å². The summed E-state index contributed by atoms with van der Waals surface area (Å²) in [6.45, 7) is 4.34. The normalized spacial score (nSPS) is 16.3. The molecule has 100 valence electrons. The predicted octanol–water partition coefficient (Wildman–Crippen LogP) is 4.08. The predicted molar refractivity (Wildman–Crippen MR) is 65.4 cm³/mol. The van der Waals surface area contributed by atoms with Crippen LogP contribution in [-0.2, 0) is 12.7 Å². The van der Waals surface area contributed by atoms with E-state index in [2.05, 4.69) is 5.32 Å². The van der Waals surface area contributed by atoms with E-state index in [9.17, 15) is 13.2 Å². The lowest BCUT2D eigenvalue weighted by molar-refractivity contribution is -0.137. The Bertz CT molecular complexity index is 420. The summed E-state index contributed by atoms with van der Waals surface area (Å²) in [4.78, 5) is 0. The van der Waals surface area contributed by atoms with Crippen molar-refractivity contribution >= 4 is 0 Å². The van der Waals surface area contributed by atoms with E-state index in [1.165, 1.54) is 12.1 Å². The van der Waals surface area contributed by atoms with Crippen molar-refractivity contribution in [2.75, 3.05) is 0 Å². The molecule has 1 fully saturated rings. The number of halogens is 3. The van der Waals surface area contributed by atoms with Crippen LogP contribution in [0, 0.1) is 0 Å². The third-order valence-electron chi connectivity index (χ3n) is 3.18. The van der Waals surface area contributed by atoms with E-state index >= 15 is 0 Å². The quantitative estimate of drug-likeness (QED) is 0.857. The third kappa shape index (κ3) is 3.48. The summed E-state index contributed by atoms with van der Waals surface area (Å²) < 4.78 is 38.4. The van der Waals surface area contributed by atoms with Crippen molar-refractivity contribution in [2.45, 2.75) is 51.4 Å². The van der Waals surface area contributed by atoms with Crippen LogP contribution in [-0.4, -0.2) is 6.04 Å². The van der Waals surface area contributed by atoms with E-state index in [0.717, 1.165) is 24.0 Å². The molecular formula is C14H18F3N. The van der Waals surface area contributed by atoms with Gasteiger partial charge in [-0.1, -0.05) is 19.9 Å². The fourth-order valence-corrected chi connectivity index (χ4v) is 1.87. The van der Waals surface area contributed by atoms with Gasteiger partial charge in [0, 0.05) is 12.6 Å². The summed E-state index contributed by atoms with van der Waals surface area (Å²) in [5, 5.41) is 3.25. The number of benzene rings is 1. The van der Waals surface area contributed by atoms with Gasteiger partial charge in [0.05, 0.1) is 5.56 Å². The topological polar surface area (TPSA) is 12.0 Å².